The molecule has 1 aliphatic heterocycles. The number of carbonyl (C=O) groups excluding carboxylic acids is 1. The first-order valence-corrected chi connectivity index (χ1v) is 5.23. The number of carbonyl (C=O) groups is 1. The fourth-order valence-electron chi connectivity index (χ4n) is 2.08. The van der Waals surface area contributed by atoms with Gasteiger partial charge in [-0.15, -0.1) is 0 Å². The lowest BCUT2D eigenvalue weighted by molar-refractivity contribution is -0.116. The van der Waals surface area contributed by atoms with Gasteiger partial charge in [-0.1, -0.05) is 12.1 Å². The molecule has 0 aliphatic carbocycles. The summed E-state index contributed by atoms with van der Waals surface area (Å²) in [7, 11) is 0. The minimum atomic E-state index is 0.0628. The van der Waals surface area contributed by atoms with Crippen molar-refractivity contribution in [2.45, 2.75) is 26.4 Å². The smallest absolute Gasteiger partial charge is 0.223 e. The van der Waals surface area contributed by atoms with Crippen LogP contribution in [-0.4, -0.2) is 17.6 Å². The maximum absolute atomic E-state index is 11.4. The Bertz CT molecular complexity index is 387. The third-order valence-corrected chi connectivity index (χ3v) is 2.83. The van der Waals surface area contributed by atoms with Gasteiger partial charge in [0.15, 0.2) is 0 Å². The van der Waals surface area contributed by atoms with Crippen molar-refractivity contribution in [1.82, 2.24) is 0 Å². The van der Waals surface area contributed by atoms with Crippen LogP contribution in [0.4, 0.5) is 5.69 Å². The third kappa shape index (κ3) is 1.88. The standard InChI is InChI=1S/C12H15NO2/c1-9(15)13-6-2-3-11-7-10(8-14)4-5-12(11)13/h4-5,7,14H,2-3,6,8H2,1H3. The maximum atomic E-state index is 11.4. The fourth-order valence-corrected chi connectivity index (χ4v) is 2.08. The van der Waals surface area contributed by atoms with Crippen molar-refractivity contribution in [3.63, 3.8) is 0 Å². The molecule has 15 heavy (non-hydrogen) atoms. The van der Waals surface area contributed by atoms with E-state index in [9.17, 15) is 4.79 Å². The molecule has 1 amide bonds. The number of rotatable bonds is 1. The number of aliphatic hydroxyl groups excluding tert-OH is 1. The third-order valence-electron chi connectivity index (χ3n) is 2.83. The molecule has 0 saturated heterocycles. The second-order valence-electron chi connectivity index (χ2n) is 3.90. The SMILES string of the molecule is CC(=O)N1CCCc2cc(CO)ccc21. The summed E-state index contributed by atoms with van der Waals surface area (Å²) in [6, 6.07) is 5.80. The molecule has 0 saturated carbocycles. The van der Waals surface area contributed by atoms with Gasteiger partial charge in [-0.3, -0.25) is 4.79 Å². The number of aliphatic hydroxyl groups is 1. The number of fused-ring (bicyclic) bond motifs is 1. The number of nitrogens with zero attached hydrogens (tertiary/aromatic N) is 1. The van der Waals surface area contributed by atoms with E-state index in [0.29, 0.717) is 0 Å². The van der Waals surface area contributed by atoms with Crippen LogP contribution in [-0.2, 0) is 17.8 Å². The van der Waals surface area contributed by atoms with Gasteiger partial charge in [0.05, 0.1) is 6.61 Å². The molecule has 1 aliphatic rings. The zero-order valence-corrected chi connectivity index (χ0v) is 8.86. The van der Waals surface area contributed by atoms with Gasteiger partial charge in [-0.2, -0.15) is 0 Å². The molecule has 0 bridgehead atoms. The van der Waals surface area contributed by atoms with Gasteiger partial charge in [-0.05, 0) is 30.0 Å². The highest BCUT2D eigenvalue weighted by Gasteiger charge is 2.19. The predicted molar refractivity (Wildman–Crippen MR) is 58.7 cm³/mol. The van der Waals surface area contributed by atoms with E-state index in [2.05, 4.69) is 0 Å². The first-order chi connectivity index (χ1) is 7.22. The number of anilines is 1. The van der Waals surface area contributed by atoms with Crippen molar-refractivity contribution in [3.8, 4) is 0 Å². The number of benzene rings is 1. The Labute approximate surface area is 89.3 Å². The number of amides is 1. The van der Waals surface area contributed by atoms with E-state index in [0.717, 1.165) is 30.6 Å². The quantitative estimate of drug-likeness (QED) is 0.754. The summed E-state index contributed by atoms with van der Waals surface area (Å²) in [4.78, 5) is 13.2. The van der Waals surface area contributed by atoms with Gasteiger partial charge in [0.25, 0.3) is 0 Å². The monoisotopic (exact) mass is 205 g/mol. The molecular formula is C12H15NO2. The Morgan fingerprint density at radius 2 is 2.33 bits per heavy atom. The summed E-state index contributed by atoms with van der Waals surface area (Å²) >= 11 is 0. The lowest BCUT2D eigenvalue weighted by Crippen LogP contribution is -2.33. The van der Waals surface area contributed by atoms with Crippen LogP contribution >= 0.6 is 0 Å². The summed E-state index contributed by atoms with van der Waals surface area (Å²) in [5.74, 6) is 0.0905. The van der Waals surface area contributed by atoms with E-state index < -0.39 is 0 Å². The van der Waals surface area contributed by atoms with E-state index in [-0.39, 0.29) is 12.5 Å². The molecule has 0 atom stereocenters. The second-order valence-corrected chi connectivity index (χ2v) is 3.90. The predicted octanol–water partition coefficient (Wildman–Crippen LogP) is 1.48. The molecule has 3 heteroatoms. The van der Waals surface area contributed by atoms with Crippen LogP contribution in [0, 0.1) is 0 Å². The molecule has 80 valence electrons. The first-order valence-electron chi connectivity index (χ1n) is 5.23. The Hall–Kier alpha value is -1.35. The lowest BCUT2D eigenvalue weighted by Gasteiger charge is -2.28. The van der Waals surface area contributed by atoms with Crippen LogP contribution in [0.25, 0.3) is 0 Å². The average Bonchev–Trinajstić information content (AvgIpc) is 2.27. The Balaban J connectivity index is 2.40. The Morgan fingerprint density at radius 1 is 1.53 bits per heavy atom. The molecule has 0 fully saturated rings. The highest BCUT2D eigenvalue weighted by Crippen LogP contribution is 2.28. The average molecular weight is 205 g/mol. The lowest BCUT2D eigenvalue weighted by atomic mass is 9.99. The highest BCUT2D eigenvalue weighted by atomic mass is 16.3. The minimum absolute atomic E-state index is 0.0628. The molecule has 0 radical (unpaired) electrons. The number of hydrogen-bond donors (Lipinski definition) is 1. The Morgan fingerprint density at radius 3 is 3.00 bits per heavy atom. The molecule has 1 N–H and O–H groups in total. The highest BCUT2D eigenvalue weighted by molar-refractivity contribution is 5.92. The summed E-state index contributed by atoms with van der Waals surface area (Å²) in [5.41, 5.74) is 3.09. The largest absolute Gasteiger partial charge is 0.392 e. The minimum Gasteiger partial charge on any atom is -0.392 e. The fraction of sp³-hybridized carbons (Fsp3) is 0.417. The van der Waals surface area contributed by atoms with Gasteiger partial charge in [0.2, 0.25) is 5.91 Å². The van der Waals surface area contributed by atoms with Crippen molar-refractivity contribution in [2.24, 2.45) is 0 Å². The van der Waals surface area contributed by atoms with Gasteiger partial charge in [0.1, 0.15) is 0 Å². The van der Waals surface area contributed by atoms with Crippen molar-refractivity contribution < 1.29 is 9.90 Å². The Kier molecular flexibility index (Phi) is 2.73. The van der Waals surface area contributed by atoms with E-state index >= 15 is 0 Å². The van der Waals surface area contributed by atoms with Crippen molar-refractivity contribution in [1.29, 1.82) is 0 Å². The molecule has 1 aromatic carbocycles. The summed E-state index contributed by atoms with van der Waals surface area (Å²) in [5, 5.41) is 9.03. The molecule has 0 spiro atoms. The first kappa shape index (κ1) is 10.2. The number of hydrogen-bond acceptors (Lipinski definition) is 2. The molecule has 2 rings (SSSR count). The molecule has 3 nitrogen and oxygen atoms in total. The molecule has 1 aromatic rings. The van der Waals surface area contributed by atoms with Crippen LogP contribution in [0.2, 0.25) is 0 Å². The maximum Gasteiger partial charge on any atom is 0.223 e. The molecule has 0 aromatic heterocycles. The number of aryl methyl sites for hydroxylation is 1. The van der Waals surface area contributed by atoms with Crippen molar-refractivity contribution in [2.75, 3.05) is 11.4 Å². The van der Waals surface area contributed by atoms with Crippen LogP contribution in [0.3, 0.4) is 0 Å². The molecule has 0 unspecified atom stereocenters. The summed E-state index contributed by atoms with van der Waals surface area (Å²) in [6.45, 7) is 2.46. The summed E-state index contributed by atoms with van der Waals surface area (Å²) in [6.07, 6.45) is 1.99. The van der Waals surface area contributed by atoms with Gasteiger partial charge >= 0.3 is 0 Å². The topological polar surface area (TPSA) is 40.5 Å². The molecule has 1 heterocycles. The van der Waals surface area contributed by atoms with Crippen LogP contribution < -0.4 is 4.90 Å². The second kappa shape index (κ2) is 4.03. The summed E-state index contributed by atoms with van der Waals surface area (Å²) < 4.78 is 0. The van der Waals surface area contributed by atoms with E-state index in [1.54, 1.807) is 11.8 Å². The van der Waals surface area contributed by atoms with Crippen molar-refractivity contribution >= 4 is 11.6 Å². The zero-order valence-electron chi connectivity index (χ0n) is 8.86. The van der Waals surface area contributed by atoms with E-state index in [1.165, 1.54) is 5.56 Å². The molecular weight excluding hydrogens is 190 g/mol. The zero-order chi connectivity index (χ0) is 10.8. The van der Waals surface area contributed by atoms with Crippen LogP contribution in [0.1, 0.15) is 24.5 Å². The van der Waals surface area contributed by atoms with Gasteiger partial charge in [0, 0.05) is 19.2 Å². The van der Waals surface area contributed by atoms with Crippen LogP contribution in [0.15, 0.2) is 18.2 Å². The van der Waals surface area contributed by atoms with Crippen molar-refractivity contribution in [3.05, 3.63) is 29.3 Å². The van der Waals surface area contributed by atoms with E-state index in [4.69, 9.17) is 5.11 Å². The normalized spacial score (nSPS) is 14.9. The van der Waals surface area contributed by atoms with E-state index in [1.807, 2.05) is 18.2 Å². The van der Waals surface area contributed by atoms with Gasteiger partial charge in [-0.25, -0.2) is 0 Å². The van der Waals surface area contributed by atoms with Crippen LogP contribution in [0.5, 0.6) is 0 Å². The van der Waals surface area contributed by atoms with Gasteiger partial charge < -0.3 is 10.0 Å².